The molecule has 1 atom stereocenters. The fourth-order valence-corrected chi connectivity index (χ4v) is 3.25. The highest BCUT2D eigenvalue weighted by Crippen LogP contribution is 2.35. The van der Waals surface area contributed by atoms with Gasteiger partial charge in [0.15, 0.2) is 11.5 Å². The summed E-state index contributed by atoms with van der Waals surface area (Å²) < 4.78 is 16.4. The third-order valence-electron chi connectivity index (χ3n) is 4.41. The van der Waals surface area contributed by atoms with E-state index in [-0.39, 0.29) is 6.61 Å². The lowest BCUT2D eigenvalue weighted by Crippen LogP contribution is -2.40. The Morgan fingerprint density at radius 1 is 1.23 bits per heavy atom. The maximum atomic E-state index is 9.16. The smallest absolute Gasteiger partial charge is 0.231 e. The van der Waals surface area contributed by atoms with Crippen molar-refractivity contribution >= 4 is 0 Å². The number of hydrogen-bond donors (Lipinski definition) is 1. The molecule has 1 fully saturated rings. The van der Waals surface area contributed by atoms with Gasteiger partial charge in [-0.25, -0.2) is 0 Å². The van der Waals surface area contributed by atoms with Crippen molar-refractivity contribution in [2.75, 3.05) is 33.1 Å². The lowest BCUT2D eigenvalue weighted by molar-refractivity contribution is 0.112. The predicted molar refractivity (Wildman–Crippen MR) is 83.6 cm³/mol. The molecule has 2 heterocycles. The van der Waals surface area contributed by atoms with Crippen molar-refractivity contribution in [2.24, 2.45) is 0 Å². The first-order chi connectivity index (χ1) is 10.9. The van der Waals surface area contributed by atoms with Crippen LogP contribution in [0, 0.1) is 0 Å². The van der Waals surface area contributed by atoms with Crippen LogP contribution < -0.4 is 14.2 Å². The van der Waals surface area contributed by atoms with Crippen molar-refractivity contribution in [3.63, 3.8) is 0 Å². The van der Waals surface area contributed by atoms with Gasteiger partial charge in [-0.2, -0.15) is 0 Å². The molecule has 0 aliphatic carbocycles. The highest BCUT2D eigenvalue weighted by molar-refractivity contribution is 5.46. The van der Waals surface area contributed by atoms with Crippen LogP contribution in [0.5, 0.6) is 17.2 Å². The highest BCUT2D eigenvalue weighted by Gasteiger charge is 2.21. The van der Waals surface area contributed by atoms with E-state index in [4.69, 9.17) is 19.3 Å². The Hall–Kier alpha value is -1.46. The van der Waals surface area contributed by atoms with Crippen LogP contribution in [-0.4, -0.2) is 49.1 Å². The van der Waals surface area contributed by atoms with Gasteiger partial charge in [0.2, 0.25) is 6.79 Å². The van der Waals surface area contributed by atoms with Crippen molar-refractivity contribution in [3.05, 3.63) is 18.2 Å². The monoisotopic (exact) mass is 307 g/mol. The molecular weight excluding hydrogens is 282 g/mol. The topological polar surface area (TPSA) is 51.2 Å². The summed E-state index contributed by atoms with van der Waals surface area (Å²) >= 11 is 0. The van der Waals surface area contributed by atoms with E-state index in [1.54, 1.807) is 0 Å². The van der Waals surface area contributed by atoms with Crippen LogP contribution in [0.4, 0.5) is 0 Å². The van der Waals surface area contributed by atoms with Crippen LogP contribution in [0.3, 0.4) is 0 Å². The van der Waals surface area contributed by atoms with E-state index in [0.717, 1.165) is 43.2 Å². The molecule has 0 radical (unpaired) electrons. The maximum absolute atomic E-state index is 9.16. The van der Waals surface area contributed by atoms with Gasteiger partial charge in [-0.1, -0.05) is 6.42 Å². The van der Waals surface area contributed by atoms with Gasteiger partial charge in [0.05, 0.1) is 6.61 Å². The Labute approximate surface area is 131 Å². The first-order valence-electron chi connectivity index (χ1n) is 8.24. The molecular formula is C17H25NO4. The quantitative estimate of drug-likeness (QED) is 0.784. The molecule has 5 nitrogen and oxygen atoms in total. The van der Waals surface area contributed by atoms with Gasteiger partial charge in [-0.3, -0.25) is 0 Å². The van der Waals surface area contributed by atoms with Crippen LogP contribution >= 0.6 is 0 Å². The number of aliphatic hydroxyl groups excluding tert-OH is 1. The molecule has 1 aromatic carbocycles. The van der Waals surface area contributed by atoms with E-state index in [2.05, 4.69) is 4.90 Å². The standard InChI is InChI=1S/C17H25NO4/c19-10-7-14-4-1-2-8-18(14)9-3-11-20-15-5-6-16-17(12-15)22-13-21-16/h5-6,12,14,19H,1-4,7-11,13H2. The summed E-state index contributed by atoms with van der Waals surface area (Å²) in [5, 5.41) is 9.16. The zero-order chi connectivity index (χ0) is 15.2. The largest absolute Gasteiger partial charge is 0.493 e. The zero-order valence-corrected chi connectivity index (χ0v) is 13.0. The fraction of sp³-hybridized carbons (Fsp3) is 0.647. The summed E-state index contributed by atoms with van der Waals surface area (Å²) in [6.45, 7) is 3.46. The van der Waals surface area contributed by atoms with Gasteiger partial charge in [0, 0.05) is 25.3 Å². The molecule has 1 aromatic rings. The number of likely N-dealkylation sites (tertiary alicyclic amines) is 1. The average molecular weight is 307 g/mol. The van der Waals surface area contributed by atoms with Gasteiger partial charge in [0.1, 0.15) is 5.75 Å². The molecule has 1 saturated heterocycles. The first-order valence-corrected chi connectivity index (χ1v) is 8.24. The second-order valence-corrected chi connectivity index (χ2v) is 5.91. The van der Waals surface area contributed by atoms with E-state index < -0.39 is 0 Å². The Bertz CT molecular complexity index is 478. The van der Waals surface area contributed by atoms with Gasteiger partial charge >= 0.3 is 0 Å². The molecule has 5 heteroatoms. The van der Waals surface area contributed by atoms with Crippen LogP contribution in [0.15, 0.2) is 18.2 Å². The Kier molecular flexibility index (Phi) is 5.40. The minimum Gasteiger partial charge on any atom is -0.493 e. The molecule has 122 valence electrons. The molecule has 0 spiro atoms. The van der Waals surface area contributed by atoms with E-state index in [9.17, 15) is 0 Å². The number of nitrogens with zero attached hydrogens (tertiary/aromatic N) is 1. The third-order valence-corrected chi connectivity index (χ3v) is 4.41. The SMILES string of the molecule is OCCC1CCCCN1CCCOc1ccc2c(c1)OCO2. The minimum absolute atomic E-state index is 0.287. The van der Waals surface area contributed by atoms with Crippen molar-refractivity contribution < 1.29 is 19.3 Å². The lowest BCUT2D eigenvalue weighted by atomic mass is 9.99. The summed E-state index contributed by atoms with van der Waals surface area (Å²) in [6, 6.07) is 6.24. The number of ether oxygens (including phenoxy) is 3. The number of fused-ring (bicyclic) bond motifs is 1. The van der Waals surface area contributed by atoms with Crippen molar-refractivity contribution in [1.82, 2.24) is 4.90 Å². The summed E-state index contributed by atoms with van der Waals surface area (Å²) in [5.41, 5.74) is 0. The lowest BCUT2D eigenvalue weighted by Gasteiger charge is -2.35. The first kappa shape index (κ1) is 15.4. The molecule has 2 aliphatic rings. The highest BCUT2D eigenvalue weighted by atomic mass is 16.7. The predicted octanol–water partition coefficient (Wildman–Crippen LogP) is 2.42. The average Bonchev–Trinajstić information content (AvgIpc) is 3.01. The second kappa shape index (κ2) is 7.70. The molecule has 3 rings (SSSR count). The van der Waals surface area contributed by atoms with Crippen molar-refractivity contribution in [2.45, 2.75) is 38.1 Å². The molecule has 1 N–H and O–H groups in total. The Balaban J connectivity index is 1.41. The van der Waals surface area contributed by atoms with E-state index in [1.165, 1.54) is 19.3 Å². The number of piperidine rings is 1. The molecule has 0 amide bonds. The Morgan fingerprint density at radius 2 is 2.14 bits per heavy atom. The molecule has 22 heavy (non-hydrogen) atoms. The fourth-order valence-electron chi connectivity index (χ4n) is 3.25. The number of benzene rings is 1. The van der Waals surface area contributed by atoms with E-state index >= 15 is 0 Å². The minimum atomic E-state index is 0.287. The zero-order valence-electron chi connectivity index (χ0n) is 13.0. The number of aliphatic hydroxyl groups is 1. The van der Waals surface area contributed by atoms with E-state index in [0.29, 0.717) is 19.4 Å². The van der Waals surface area contributed by atoms with Crippen LogP contribution in [0.25, 0.3) is 0 Å². The number of hydrogen-bond acceptors (Lipinski definition) is 5. The summed E-state index contributed by atoms with van der Waals surface area (Å²) in [4.78, 5) is 2.50. The van der Waals surface area contributed by atoms with Crippen molar-refractivity contribution in [1.29, 1.82) is 0 Å². The van der Waals surface area contributed by atoms with Crippen molar-refractivity contribution in [3.8, 4) is 17.2 Å². The summed E-state index contributed by atoms with van der Waals surface area (Å²) in [5.74, 6) is 2.37. The normalized spacial score (nSPS) is 21.0. The summed E-state index contributed by atoms with van der Waals surface area (Å²) in [6.07, 6.45) is 5.66. The van der Waals surface area contributed by atoms with Crippen LogP contribution in [0.1, 0.15) is 32.1 Å². The summed E-state index contributed by atoms with van der Waals surface area (Å²) in [7, 11) is 0. The second-order valence-electron chi connectivity index (χ2n) is 5.91. The van der Waals surface area contributed by atoms with Crippen LogP contribution in [0.2, 0.25) is 0 Å². The molecule has 2 aliphatic heterocycles. The van der Waals surface area contributed by atoms with E-state index in [1.807, 2.05) is 18.2 Å². The molecule has 0 saturated carbocycles. The van der Waals surface area contributed by atoms with Gasteiger partial charge in [0.25, 0.3) is 0 Å². The third kappa shape index (κ3) is 3.84. The maximum Gasteiger partial charge on any atom is 0.231 e. The van der Waals surface area contributed by atoms with Gasteiger partial charge < -0.3 is 24.2 Å². The van der Waals surface area contributed by atoms with Crippen LogP contribution in [-0.2, 0) is 0 Å². The molecule has 0 aromatic heterocycles. The Morgan fingerprint density at radius 3 is 3.05 bits per heavy atom. The molecule has 1 unspecified atom stereocenters. The number of rotatable bonds is 7. The van der Waals surface area contributed by atoms with Gasteiger partial charge in [-0.05, 0) is 44.4 Å². The molecule has 0 bridgehead atoms. The van der Waals surface area contributed by atoms with Gasteiger partial charge in [-0.15, -0.1) is 0 Å².